The van der Waals surface area contributed by atoms with Crippen LogP contribution in [-0.2, 0) is 47.4 Å². The molecule has 23 unspecified atom stereocenters. The Kier molecular flexibility index (Phi) is 16.4. The topological polar surface area (TPSA) is 376 Å². The Balaban J connectivity index is 0.834. The van der Waals surface area contributed by atoms with Gasteiger partial charge in [0.25, 0.3) is 0 Å². The minimum absolute atomic E-state index is 0.00497. The Hall–Kier alpha value is -0.960. The molecule has 4 aliphatic carbocycles. The summed E-state index contributed by atoms with van der Waals surface area (Å²) in [5.74, 6) is 0.989. The summed E-state index contributed by atoms with van der Waals surface area (Å²) in [6.45, 7) is 6.60. The standard InChI is InChI=1S/C50H82O24/c1-18-5-8-50(66-16-18)19(2)32-28(74-50)10-22-20-9-24(54)23-11-27(25(55)12-49(23,4)21(20)6-7-48(22,32)3)67-45-40(64)37(61)41(31(15-53)70-45)71-47-43(73-46-39(63)36(60)34(58)29(13-51)68-46)42(35(59)30(14-52)69-47)72-44-38(62)33(57)26(56)17-65-44/h18-47,51-64H,5-17H2,1-4H3/t18?,19-,20+,21?,22?,23+,24-,25+,26?,27+,28-,29?,30?,31?,32?,33?,34?,35?,36?,37?,38?,39?,40?,41?,42?,43?,44?,45?,46?,47?,48-,49+,50+/m0/s1. The summed E-state index contributed by atoms with van der Waals surface area (Å²) in [5, 5.41) is 153. The predicted octanol–water partition coefficient (Wildman–Crippen LogP) is -4.33. The molecule has 6 heterocycles. The molecule has 14 N–H and O–H groups in total. The van der Waals surface area contributed by atoms with Gasteiger partial charge in [0.1, 0.15) is 91.6 Å². The van der Waals surface area contributed by atoms with Crippen molar-refractivity contribution in [3.63, 3.8) is 0 Å². The molecular weight excluding hydrogens is 985 g/mol. The van der Waals surface area contributed by atoms with E-state index in [0.717, 1.165) is 32.1 Å². The molecule has 10 aliphatic rings. The van der Waals surface area contributed by atoms with Crippen LogP contribution in [0, 0.1) is 52.3 Å². The van der Waals surface area contributed by atoms with Crippen LogP contribution in [0.3, 0.4) is 0 Å². The van der Waals surface area contributed by atoms with Crippen molar-refractivity contribution in [2.75, 3.05) is 33.0 Å². The van der Waals surface area contributed by atoms with Gasteiger partial charge in [0.05, 0.1) is 57.5 Å². The first-order chi connectivity index (χ1) is 35.1. The number of ether oxygens (including phenoxy) is 10. The fraction of sp³-hybridized carbons (Fsp3) is 1.00. The van der Waals surface area contributed by atoms with E-state index in [0.29, 0.717) is 30.8 Å². The van der Waals surface area contributed by atoms with Crippen LogP contribution < -0.4 is 0 Å². The van der Waals surface area contributed by atoms with Crippen molar-refractivity contribution in [2.45, 2.75) is 226 Å². The zero-order valence-electron chi connectivity index (χ0n) is 42.4. The van der Waals surface area contributed by atoms with Crippen LogP contribution in [0.5, 0.6) is 0 Å². The first kappa shape index (κ1) is 56.3. The summed E-state index contributed by atoms with van der Waals surface area (Å²) in [6.07, 6.45) is -31.1. The molecule has 10 rings (SSSR count). The van der Waals surface area contributed by atoms with Crippen LogP contribution in [-0.4, -0.2) is 251 Å². The smallest absolute Gasteiger partial charge is 0.187 e. The quantitative estimate of drug-likeness (QED) is 0.0870. The van der Waals surface area contributed by atoms with Gasteiger partial charge in [-0.15, -0.1) is 0 Å². The highest BCUT2D eigenvalue weighted by Gasteiger charge is 2.70. The molecule has 24 nitrogen and oxygen atoms in total. The van der Waals surface area contributed by atoms with E-state index in [-0.39, 0.29) is 48.0 Å². The molecule has 0 aromatic heterocycles. The fourth-order valence-electron chi connectivity index (χ4n) is 16.0. The predicted molar refractivity (Wildman–Crippen MR) is 245 cm³/mol. The largest absolute Gasteiger partial charge is 0.394 e. The maximum Gasteiger partial charge on any atom is 0.187 e. The van der Waals surface area contributed by atoms with Gasteiger partial charge in [-0.3, -0.25) is 0 Å². The van der Waals surface area contributed by atoms with Crippen LogP contribution in [0.4, 0.5) is 0 Å². The molecule has 74 heavy (non-hydrogen) atoms. The summed E-state index contributed by atoms with van der Waals surface area (Å²) in [5.41, 5.74) is -0.460. The van der Waals surface area contributed by atoms with Crippen LogP contribution >= 0.6 is 0 Å². The second-order valence-electron chi connectivity index (χ2n) is 24.2. The van der Waals surface area contributed by atoms with Gasteiger partial charge in [-0.05, 0) is 91.3 Å². The molecule has 1 spiro atoms. The van der Waals surface area contributed by atoms with Gasteiger partial charge in [-0.1, -0.05) is 27.7 Å². The molecule has 10 fully saturated rings. The number of aliphatic hydroxyl groups is 14. The van der Waals surface area contributed by atoms with Crippen molar-refractivity contribution in [1.29, 1.82) is 0 Å². The van der Waals surface area contributed by atoms with Gasteiger partial charge in [-0.2, -0.15) is 0 Å². The van der Waals surface area contributed by atoms with E-state index >= 15 is 0 Å². The normalized spacial score (nSPS) is 58.6. The third kappa shape index (κ3) is 9.45. The fourth-order valence-corrected chi connectivity index (χ4v) is 16.0. The van der Waals surface area contributed by atoms with E-state index in [1.54, 1.807) is 0 Å². The molecule has 6 saturated heterocycles. The lowest BCUT2D eigenvalue weighted by molar-refractivity contribution is -0.404. The van der Waals surface area contributed by atoms with Gasteiger partial charge in [-0.25, -0.2) is 0 Å². The zero-order chi connectivity index (χ0) is 53.1. The highest BCUT2D eigenvalue weighted by Crippen LogP contribution is 2.71. The number of rotatable bonds is 11. The SMILES string of the molecule is CC1CC[C@@]2(OC1)O[C@H]1CC3[C@@H]4C[C@H](O)[C@H]5C[C@@H](OC6OC(CO)C(OC7OC(CO)C(O)C(OC8OCC(O)C(O)C8O)C7OC7OC(CO)C(O)C(O)C7O)C(O)C6O)[C@H](O)C[C@]5(C)C4CC[C@]3(C)C1[C@@H]2C. The first-order valence-electron chi connectivity index (χ1n) is 26.9. The van der Waals surface area contributed by atoms with Gasteiger partial charge in [0.2, 0.25) is 0 Å². The average molecular weight is 1070 g/mol. The minimum Gasteiger partial charge on any atom is -0.394 e. The zero-order valence-corrected chi connectivity index (χ0v) is 42.4. The Labute approximate surface area is 429 Å². The summed E-state index contributed by atoms with van der Waals surface area (Å²) < 4.78 is 60.9. The Bertz CT molecular complexity index is 1900. The van der Waals surface area contributed by atoms with Gasteiger partial charge in [0, 0.05) is 12.3 Å². The third-order valence-corrected chi connectivity index (χ3v) is 20.0. The Morgan fingerprint density at radius 2 is 1.12 bits per heavy atom. The lowest BCUT2D eigenvalue weighted by atomic mass is 9.43. The number of fused-ring (bicyclic) bond motifs is 7. The molecule has 0 radical (unpaired) electrons. The molecule has 0 bridgehead atoms. The Morgan fingerprint density at radius 1 is 0.500 bits per heavy atom. The molecule has 33 atom stereocenters. The highest BCUT2D eigenvalue weighted by molar-refractivity contribution is 5.17. The molecule has 24 heteroatoms. The van der Waals surface area contributed by atoms with E-state index in [1.165, 1.54) is 0 Å². The lowest BCUT2D eigenvalue weighted by Crippen LogP contribution is -2.68. The molecule has 0 aromatic rings. The van der Waals surface area contributed by atoms with Crippen molar-refractivity contribution in [1.82, 2.24) is 0 Å². The molecule has 426 valence electrons. The van der Waals surface area contributed by atoms with Crippen LogP contribution in [0.25, 0.3) is 0 Å². The second-order valence-corrected chi connectivity index (χ2v) is 24.2. The lowest BCUT2D eigenvalue weighted by Gasteiger charge is -2.63. The number of hydrogen-bond acceptors (Lipinski definition) is 24. The Morgan fingerprint density at radius 3 is 1.81 bits per heavy atom. The van der Waals surface area contributed by atoms with Gasteiger partial charge >= 0.3 is 0 Å². The summed E-state index contributed by atoms with van der Waals surface area (Å²) in [7, 11) is 0. The molecular formula is C50H82O24. The van der Waals surface area contributed by atoms with E-state index in [2.05, 4.69) is 27.7 Å². The van der Waals surface area contributed by atoms with E-state index in [4.69, 9.17) is 47.4 Å². The van der Waals surface area contributed by atoms with Crippen LogP contribution in [0.1, 0.15) is 79.1 Å². The number of hydrogen-bond donors (Lipinski definition) is 14. The van der Waals surface area contributed by atoms with E-state index in [9.17, 15) is 71.5 Å². The average Bonchev–Trinajstić information content (AvgIpc) is 3.82. The van der Waals surface area contributed by atoms with Crippen LogP contribution in [0.15, 0.2) is 0 Å². The van der Waals surface area contributed by atoms with Crippen molar-refractivity contribution in [3.05, 3.63) is 0 Å². The molecule has 0 aromatic carbocycles. The maximum absolute atomic E-state index is 12.1. The minimum atomic E-state index is -2.04. The molecule has 6 aliphatic heterocycles. The van der Waals surface area contributed by atoms with Crippen molar-refractivity contribution in [2.24, 2.45) is 52.3 Å². The molecule has 0 amide bonds. The molecule has 4 saturated carbocycles. The highest BCUT2D eigenvalue weighted by atomic mass is 16.8. The first-order valence-corrected chi connectivity index (χ1v) is 26.9. The monoisotopic (exact) mass is 1070 g/mol. The van der Waals surface area contributed by atoms with Crippen molar-refractivity contribution < 1.29 is 119 Å². The summed E-state index contributed by atoms with van der Waals surface area (Å²) in [4.78, 5) is 0. The second kappa shape index (κ2) is 21.5. The van der Waals surface area contributed by atoms with Crippen LogP contribution in [0.2, 0.25) is 0 Å². The maximum atomic E-state index is 12.1. The van der Waals surface area contributed by atoms with E-state index < -0.39 is 173 Å². The van der Waals surface area contributed by atoms with Gasteiger partial charge in [0.15, 0.2) is 30.9 Å². The van der Waals surface area contributed by atoms with Gasteiger partial charge < -0.3 is 119 Å². The number of aliphatic hydroxyl groups excluding tert-OH is 14. The van der Waals surface area contributed by atoms with Crippen molar-refractivity contribution >= 4 is 0 Å². The third-order valence-electron chi connectivity index (χ3n) is 20.0. The van der Waals surface area contributed by atoms with Crippen molar-refractivity contribution in [3.8, 4) is 0 Å². The summed E-state index contributed by atoms with van der Waals surface area (Å²) >= 11 is 0. The van der Waals surface area contributed by atoms with E-state index in [1.807, 2.05) is 0 Å². The summed E-state index contributed by atoms with van der Waals surface area (Å²) in [6, 6.07) is 0.